The topological polar surface area (TPSA) is 37.4 Å². The lowest BCUT2D eigenvalue weighted by Gasteiger charge is -2.22. The normalized spacial score (nSPS) is 13.6. The molecule has 0 amide bonds. The second kappa shape index (κ2) is 6.52. The lowest BCUT2D eigenvalue weighted by Crippen LogP contribution is -2.24. The molecule has 1 atom stereocenters. The van der Waals surface area contributed by atoms with E-state index in [4.69, 9.17) is 11.6 Å². The van der Waals surface area contributed by atoms with Gasteiger partial charge in [-0.15, -0.1) is 11.6 Å². The Bertz CT molecular complexity index is 520. The van der Waals surface area contributed by atoms with Crippen LogP contribution in [0.15, 0.2) is 29.2 Å². The van der Waals surface area contributed by atoms with E-state index in [1.807, 2.05) is 6.92 Å². The van der Waals surface area contributed by atoms with E-state index in [-0.39, 0.29) is 16.0 Å². The Morgan fingerprint density at radius 2 is 1.89 bits per heavy atom. The van der Waals surface area contributed by atoms with Crippen molar-refractivity contribution in [2.75, 3.05) is 18.5 Å². The smallest absolute Gasteiger partial charge is 0.341 e. The number of anilines is 1. The summed E-state index contributed by atoms with van der Waals surface area (Å²) in [6.45, 7) is 2.30. The zero-order valence-corrected chi connectivity index (χ0v) is 12.3. The number of halogens is 3. The molecule has 1 unspecified atom stereocenters. The molecule has 1 aromatic carbocycles. The Kier molecular flexibility index (Phi) is 5.55. The van der Waals surface area contributed by atoms with Crippen molar-refractivity contribution in [1.82, 2.24) is 0 Å². The van der Waals surface area contributed by atoms with Crippen LogP contribution < -0.4 is 4.90 Å². The van der Waals surface area contributed by atoms with Crippen molar-refractivity contribution >= 4 is 27.1 Å². The van der Waals surface area contributed by atoms with Gasteiger partial charge >= 0.3 is 5.76 Å². The molecule has 19 heavy (non-hydrogen) atoms. The monoisotopic (exact) mass is 311 g/mol. The van der Waals surface area contributed by atoms with E-state index in [2.05, 4.69) is 0 Å². The molecule has 0 aliphatic carbocycles. The Labute approximate surface area is 117 Å². The van der Waals surface area contributed by atoms with Gasteiger partial charge in [-0.1, -0.05) is 12.1 Å². The highest BCUT2D eigenvalue weighted by atomic mass is 35.5. The van der Waals surface area contributed by atoms with E-state index in [1.165, 1.54) is 18.2 Å². The second-order valence-electron chi connectivity index (χ2n) is 4.26. The van der Waals surface area contributed by atoms with E-state index in [0.717, 1.165) is 0 Å². The van der Waals surface area contributed by atoms with E-state index < -0.39 is 15.6 Å². The van der Waals surface area contributed by atoms with Crippen molar-refractivity contribution < 1.29 is 17.2 Å². The number of alkyl halides is 3. The van der Waals surface area contributed by atoms with E-state index in [0.29, 0.717) is 13.0 Å². The highest BCUT2D eigenvalue weighted by Crippen LogP contribution is 2.28. The van der Waals surface area contributed by atoms with Crippen LogP contribution >= 0.6 is 11.6 Å². The summed E-state index contributed by atoms with van der Waals surface area (Å²) in [7, 11) is -2.95. The standard InChI is InChI=1S/C12H16ClF2NO2S/c1-9(13)7-8-16(2)10-5-3-4-6-11(10)19(17,18)12(14)15/h3-6,9,12H,7-8H2,1-2H3. The first-order chi connectivity index (χ1) is 8.76. The molecule has 0 spiro atoms. The molecule has 0 N–H and O–H groups in total. The fourth-order valence-corrected chi connectivity index (χ4v) is 2.67. The van der Waals surface area contributed by atoms with Crippen molar-refractivity contribution in [3.63, 3.8) is 0 Å². The molecular formula is C12H16ClF2NO2S. The number of rotatable bonds is 6. The van der Waals surface area contributed by atoms with Crippen molar-refractivity contribution in [2.45, 2.75) is 29.4 Å². The molecule has 7 heteroatoms. The summed E-state index contributed by atoms with van der Waals surface area (Å²) in [4.78, 5) is 1.27. The van der Waals surface area contributed by atoms with Crippen molar-refractivity contribution in [2.24, 2.45) is 0 Å². The van der Waals surface area contributed by atoms with Crippen LogP contribution in [0.1, 0.15) is 13.3 Å². The molecule has 1 rings (SSSR count). The summed E-state index contributed by atoms with van der Waals surface area (Å²) in [5.74, 6) is -3.42. The van der Waals surface area contributed by atoms with Crippen molar-refractivity contribution in [3.05, 3.63) is 24.3 Å². The number of hydrogen-bond donors (Lipinski definition) is 0. The minimum absolute atomic E-state index is 0.0682. The minimum atomic E-state index is -4.60. The molecule has 0 saturated heterocycles. The van der Waals surface area contributed by atoms with Gasteiger partial charge in [0.25, 0.3) is 0 Å². The zero-order valence-electron chi connectivity index (χ0n) is 10.7. The van der Waals surface area contributed by atoms with Crippen LogP contribution in [0.5, 0.6) is 0 Å². The minimum Gasteiger partial charge on any atom is -0.373 e. The van der Waals surface area contributed by atoms with Gasteiger partial charge in [-0.25, -0.2) is 8.42 Å². The Morgan fingerprint density at radius 1 is 1.32 bits per heavy atom. The van der Waals surface area contributed by atoms with Gasteiger partial charge < -0.3 is 4.90 Å². The molecule has 1 aromatic rings. The Morgan fingerprint density at radius 3 is 2.42 bits per heavy atom. The first-order valence-corrected chi connectivity index (χ1v) is 7.71. The third-order valence-corrected chi connectivity index (χ3v) is 4.33. The third-order valence-electron chi connectivity index (χ3n) is 2.68. The van der Waals surface area contributed by atoms with Crippen LogP contribution in [-0.2, 0) is 9.84 Å². The molecule has 0 aliphatic rings. The first-order valence-electron chi connectivity index (χ1n) is 5.73. The summed E-state index contributed by atoms with van der Waals surface area (Å²) in [6, 6.07) is 5.74. The number of hydrogen-bond acceptors (Lipinski definition) is 3. The number of benzene rings is 1. The average molecular weight is 312 g/mol. The average Bonchev–Trinajstić information content (AvgIpc) is 2.35. The molecule has 0 radical (unpaired) electrons. The van der Waals surface area contributed by atoms with Gasteiger partial charge in [0.15, 0.2) is 0 Å². The van der Waals surface area contributed by atoms with Crippen molar-refractivity contribution in [3.8, 4) is 0 Å². The molecule has 0 aromatic heterocycles. The predicted octanol–water partition coefficient (Wildman–Crippen LogP) is 3.14. The molecule has 0 fully saturated rings. The van der Waals surface area contributed by atoms with Crippen LogP contribution in [0.3, 0.4) is 0 Å². The van der Waals surface area contributed by atoms with Gasteiger partial charge in [-0.05, 0) is 25.5 Å². The predicted molar refractivity (Wildman–Crippen MR) is 72.8 cm³/mol. The largest absolute Gasteiger partial charge is 0.373 e. The quantitative estimate of drug-likeness (QED) is 0.757. The highest BCUT2D eigenvalue weighted by molar-refractivity contribution is 7.91. The van der Waals surface area contributed by atoms with E-state index in [9.17, 15) is 17.2 Å². The van der Waals surface area contributed by atoms with Gasteiger partial charge in [-0.2, -0.15) is 8.78 Å². The molecule has 0 heterocycles. The maximum absolute atomic E-state index is 12.6. The zero-order chi connectivity index (χ0) is 14.6. The second-order valence-corrected chi connectivity index (χ2v) is 6.90. The summed E-state index contributed by atoms with van der Waals surface area (Å²) >= 11 is 5.82. The van der Waals surface area contributed by atoms with Gasteiger partial charge in [0.05, 0.1) is 10.6 Å². The van der Waals surface area contributed by atoms with E-state index in [1.54, 1.807) is 18.0 Å². The van der Waals surface area contributed by atoms with Crippen LogP contribution in [0.4, 0.5) is 14.5 Å². The van der Waals surface area contributed by atoms with Gasteiger partial charge in [0.1, 0.15) is 0 Å². The molecular weight excluding hydrogens is 296 g/mol. The van der Waals surface area contributed by atoms with Crippen LogP contribution in [0.2, 0.25) is 0 Å². The highest BCUT2D eigenvalue weighted by Gasteiger charge is 2.29. The van der Waals surface area contributed by atoms with Crippen LogP contribution in [0.25, 0.3) is 0 Å². The SMILES string of the molecule is CC(Cl)CCN(C)c1ccccc1S(=O)(=O)C(F)F. The molecule has 0 bridgehead atoms. The fourth-order valence-electron chi connectivity index (χ4n) is 1.60. The Balaban J connectivity index is 3.09. The summed E-state index contributed by atoms with van der Waals surface area (Å²) < 4.78 is 48.4. The molecule has 0 aliphatic heterocycles. The molecule has 0 saturated carbocycles. The molecule has 3 nitrogen and oxygen atoms in total. The van der Waals surface area contributed by atoms with Crippen LogP contribution in [-0.4, -0.2) is 33.1 Å². The maximum atomic E-state index is 12.6. The van der Waals surface area contributed by atoms with Gasteiger partial charge in [0.2, 0.25) is 9.84 Å². The third kappa shape index (κ3) is 4.04. The van der Waals surface area contributed by atoms with Crippen molar-refractivity contribution in [1.29, 1.82) is 0 Å². The van der Waals surface area contributed by atoms with Gasteiger partial charge in [0, 0.05) is 19.0 Å². The van der Waals surface area contributed by atoms with Crippen LogP contribution in [0, 0.1) is 0 Å². The summed E-state index contributed by atoms with van der Waals surface area (Å²) in [5, 5.41) is -0.0682. The lowest BCUT2D eigenvalue weighted by atomic mass is 10.2. The van der Waals surface area contributed by atoms with Gasteiger partial charge in [-0.3, -0.25) is 0 Å². The summed E-state index contributed by atoms with van der Waals surface area (Å²) in [6.07, 6.45) is 0.626. The fraction of sp³-hybridized carbons (Fsp3) is 0.500. The van der Waals surface area contributed by atoms with E-state index >= 15 is 0 Å². The number of sulfone groups is 1. The maximum Gasteiger partial charge on any atom is 0.341 e. The molecule has 108 valence electrons. The summed E-state index contributed by atoms with van der Waals surface area (Å²) in [5.41, 5.74) is 0.264. The lowest BCUT2D eigenvalue weighted by molar-refractivity contribution is 0.235. The first kappa shape index (κ1) is 16.2. The number of nitrogens with zero attached hydrogens (tertiary/aromatic N) is 1. The Hall–Kier alpha value is -0.880. The number of para-hydroxylation sites is 1.